The summed E-state index contributed by atoms with van der Waals surface area (Å²) in [6.45, 7) is 14.4. The third-order valence-corrected chi connectivity index (χ3v) is 0. The highest BCUT2D eigenvalue weighted by molar-refractivity contribution is 4.32. The molecule has 0 saturated carbocycles. The quantitative estimate of drug-likeness (QED) is 0.560. The lowest BCUT2D eigenvalue weighted by Crippen LogP contribution is -2.06. The van der Waals surface area contributed by atoms with Crippen LogP contribution in [0.25, 0.3) is 0 Å². The van der Waals surface area contributed by atoms with Crippen LogP contribution >= 0.6 is 0 Å². The zero-order valence-corrected chi connectivity index (χ0v) is 8.73. The summed E-state index contributed by atoms with van der Waals surface area (Å²) < 4.78 is 0. The maximum atomic E-state index is 5.11. The van der Waals surface area contributed by atoms with Crippen LogP contribution in [0.5, 0.6) is 0 Å². The third kappa shape index (κ3) is 241000. The van der Waals surface area contributed by atoms with Gasteiger partial charge in [-0.2, -0.15) is 0 Å². The summed E-state index contributed by atoms with van der Waals surface area (Å²) in [6, 6.07) is 0.333. The largest absolute Gasteiger partial charge is 0.328 e. The summed E-state index contributed by atoms with van der Waals surface area (Å²) in [5.41, 5.74) is 5.11. The van der Waals surface area contributed by atoms with Crippen molar-refractivity contribution in [2.75, 3.05) is 0 Å². The Morgan fingerprint density at radius 1 is 0.800 bits per heavy atom. The highest BCUT2D eigenvalue weighted by Crippen LogP contribution is 1.81. The van der Waals surface area contributed by atoms with Gasteiger partial charge in [-0.3, -0.25) is 0 Å². The van der Waals surface area contributed by atoms with Crippen molar-refractivity contribution in [3.8, 4) is 0 Å². The molecule has 0 aliphatic heterocycles. The third-order valence-electron chi connectivity index (χ3n) is 0. The molecule has 0 radical (unpaired) electrons. The van der Waals surface area contributed by atoms with Crippen molar-refractivity contribution in [3.05, 3.63) is 0 Å². The molecule has 0 atom stereocenters. The van der Waals surface area contributed by atoms with E-state index in [0.717, 1.165) is 5.92 Å². The fourth-order valence-corrected chi connectivity index (χ4v) is 0. The molecular formula is C9H25N. The van der Waals surface area contributed by atoms with E-state index in [1.165, 1.54) is 0 Å². The minimum Gasteiger partial charge on any atom is -0.328 e. The van der Waals surface area contributed by atoms with Crippen LogP contribution in [0.2, 0.25) is 0 Å². The molecular weight excluding hydrogens is 122 g/mol. The first-order valence-electron chi connectivity index (χ1n) is 4.22. The van der Waals surface area contributed by atoms with Gasteiger partial charge >= 0.3 is 0 Å². The summed E-state index contributed by atoms with van der Waals surface area (Å²) in [5, 5.41) is 0. The summed E-state index contributed by atoms with van der Waals surface area (Å²) in [4.78, 5) is 0. The van der Waals surface area contributed by atoms with E-state index in [-0.39, 0.29) is 0 Å². The molecule has 0 aliphatic carbocycles. The van der Waals surface area contributed by atoms with Crippen LogP contribution in [-0.4, -0.2) is 6.04 Å². The minimum atomic E-state index is 0.333. The Hall–Kier alpha value is -0.0400. The number of rotatable bonds is 0. The Morgan fingerprint density at radius 2 is 0.800 bits per heavy atom. The van der Waals surface area contributed by atoms with Gasteiger partial charge in [0.05, 0.1) is 0 Å². The number of hydrogen-bond donors (Lipinski definition) is 1. The molecule has 1 nitrogen and oxygen atoms in total. The topological polar surface area (TPSA) is 26.0 Å². The van der Waals surface area contributed by atoms with E-state index < -0.39 is 0 Å². The minimum absolute atomic E-state index is 0.333. The van der Waals surface area contributed by atoms with Gasteiger partial charge in [0.15, 0.2) is 0 Å². The van der Waals surface area contributed by atoms with Crippen molar-refractivity contribution in [3.63, 3.8) is 0 Å². The van der Waals surface area contributed by atoms with Crippen LogP contribution in [0.1, 0.15) is 48.5 Å². The van der Waals surface area contributed by atoms with Crippen molar-refractivity contribution in [2.45, 2.75) is 54.5 Å². The Kier molecular flexibility index (Phi) is 26.4. The first-order chi connectivity index (χ1) is 4.46. The number of nitrogens with two attached hydrogens (primary N) is 1. The summed E-state index contributed by atoms with van der Waals surface area (Å²) >= 11 is 0. The Bertz CT molecular complexity index is 20.2. The van der Waals surface area contributed by atoms with Gasteiger partial charge in [0.25, 0.3) is 0 Å². The smallest absolute Gasteiger partial charge is 0.00179 e. The van der Waals surface area contributed by atoms with Crippen LogP contribution in [0.4, 0.5) is 0 Å². The van der Waals surface area contributed by atoms with Gasteiger partial charge in [0.2, 0.25) is 0 Å². The normalized spacial score (nSPS) is 7.80. The Morgan fingerprint density at radius 3 is 0.800 bits per heavy atom. The SMILES string of the molecule is CC.CC(C)C.CC(C)N. The van der Waals surface area contributed by atoms with E-state index in [2.05, 4.69) is 20.8 Å². The molecule has 0 saturated heterocycles. The molecule has 0 heterocycles. The molecule has 0 spiro atoms. The molecule has 10 heavy (non-hydrogen) atoms. The molecule has 0 rings (SSSR count). The van der Waals surface area contributed by atoms with Gasteiger partial charge < -0.3 is 5.73 Å². The average molecular weight is 147 g/mol. The highest BCUT2D eigenvalue weighted by atomic mass is 14.6. The molecule has 0 fully saturated rings. The maximum Gasteiger partial charge on any atom is -0.00179 e. The Labute approximate surface area is 67.0 Å². The molecule has 0 aliphatic rings. The first kappa shape index (κ1) is 16.5. The van der Waals surface area contributed by atoms with Gasteiger partial charge in [-0.15, -0.1) is 0 Å². The molecule has 0 bridgehead atoms. The zero-order chi connectivity index (χ0) is 9.15. The molecule has 2 N–H and O–H groups in total. The predicted molar refractivity (Wildman–Crippen MR) is 51.2 cm³/mol. The number of hydrogen-bond acceptors (Lipinski definition) is 1. The van der Waals surface area contributed by atoms with Gasteiger partial charge in [0.1, 0.15) is 0 Å². The van der Waals surface area contributed by atoms with Gasteiger partial charge in [-0.05, 0) is 12.0 Å². The van der Waals surface area contributed by atoms with E-state index >= 15 is 0 Å². The second-order valence-electron chi connectivity index (χ2n) is 2.98. The fraction of sp³-hybridized carbons (Fsp3) is 1.00. The lowest BCUT2D eigenvalue weighted by atomic mass is 10.3. The monoisotopic (exact) mass is 147 g/mol. The Balaban J connectivity index is -0.0000000787. The van der Waals surface area contributed by atoms with E-state index in [1.807, 2.05) is 27.7 Å². The van der Waals surface area contributed by atoms with Crippen LogP contribution in [-0.2, 0) is 0 Å². The van der Waals surface area contributed by atoms with Gasteiger partial charge in [0, 0.05) is 0 Å². The summed E-state index contributed by atoms with van der Waals surface area (Å²) in [5.74, 6) is 0.833. The van der Waals surface area contributed by atoms with Crippen molar-refractivity contribution < 1.29 is 0 Å². The van der Waals surface area contributed by atoms with Gasteiger partial charge in [-0.25, -0.2) is 0 Å². The zero-order valence-electron chi connectivity index (χ0n) is 8.73. The van der Waals surface area contributed by atoms with E-state index in [9.17, 15) is 0 Å². The van der Waals surface area contributed by atoms with E-state index in [0.29, 0.717) is 6.04 Å². The van der Waals surface area contributed by atoms with Gasteiger partial charge in [-0.1, -0.05) is 48.5 Å². The maximum absolute atomic E-state index is 5.11. The van der Waals surface area contributed by atoms with Crippen LogP contribution in [0, 0.1) is 5.92 Å². The molecule has 66 valence electrons. The molecule has 0 aromatic heterocycles. The molecule has 0 unspecified atom stereocenters. The second-order valence-corrected chi connectivity index (χ2v) is 2.98. The van der Waals surface area contributed by atoms with Crippen LogP contribution in [0.3, 0.4) is 0 Å². The van der Waals surface area contributed by atoms with E-state index in [4.69, 9.17) is 5.73 Å². The molecule has 1 heteroatoms. The average Bonchev–Trinajstić information content (AvgIpc) is 1.66. The van der Waals surface area contributed by atoms with Crippen molar-refractivity contribution >= 4 is 0 Å². The first-order valence-corrected chi connectivity index (χ1v) is 4.22. The van der Waals surface area contributed by atoms with Crippen molar-refractivity contribution in [1.29, 1.82) is 0 Å². The lowest BCUT2D eigenvalue weighted by Gasteiger charge is -1.81. The van der Waals surface area contributed by atoms with Crippen LogP contribution < -0.4 is 5.73 Å². The predicted octanol–water partition coefficient (Wildman–Crippen LogP) is 3.04. The molecule has 0 aromatic carbocycles. The van der Waals surface area contributed by atoms with Crippen LogP contribution in [0.15, 0.2) is 0 Å². The summed E-state index contributed by atoms with van der Waals surface area (Å²) in [6.07, 6.45) is 0. The molecule has 0 aromatic rings. The standard InChI is InChI=1S/C4H10.C3H9N.C2H6/c1-4(2)3;1-3(2)4;1-2/h4H,1-3H3;3H,4H2,1-2H3;1-2H3. The van der Waals surface area contributed by atoms with Crippen molar-refractivity contribution in [2.24, 2.45) is 11.7 Å². The highest BCUT2D eigenvalue weighted by Gasteiger charge is 1.68. The van der Waals surface area contributed by atoms with Crippen molar-refractivity contribution in [1.82, 2.24) is 0 Å². The fourth-order valence-electron chi connectivity index (χ4n) is 0. The lowest BCUT2D eigenvalue weighted by molar-refractivity contribution is 0.737. The molecule has 0 amide bonds. The second kappa shape index (κ2) is 16.0. The van der Waals surface area contributed by atoms with E-state index in [1.54, 1.807) is 0 Å². The summed E-state index contributed by atoms with van der Waals surface area (Å²) in [7, 11) is 0.